The maximum atomic E-state index is 11.5. The minimum Gasteiger partial charge on any atom is -0.366 e. The Morgan fingerprint density at radius 2 is 1.57 bits per heavy atom. The van der Waals surface area contributed by atoms with Crippen LogP contribution in [0.3, 0.4) is 0 Å². The van der Waals surface area contributed by atoms with Gasteiger partial charge in [0.05, 0.1) is 0 Å². The Labute approximate surface area is 131 Å². The molecule has 0 aromatic carbocycles. The molecule has 2 N–H and O–H groups in total. The fourth-order valence-electron chi connectivity index (χ4n) is 1.28. The first-order valence-corrected chi connectivity index (χ1v) is 7.71. The van der Waals surface area contributed by atoms with E-state index in [4.69, 9.17) is 5.73 Å². The van der Waals surface area contributed by atoms with E-state index in [1.165, 1.54) is 0 Å². The van der Waals surface area contributed by atoms with Crippen molar-refractivity contribution in [1.29, 1.82) is 0 Å². The molecule has 0 aromatic rings. The van der Waals surface area contributed by atoms with Crippen molar-refractivity contribution in [2.45, 2.75) is 61.3 Å². The molecule has 0 aliphatic heterocycles. The van der Waals surface area contributed by atoms with Crippen molar-refractivity contribution in [3.05, 3.63) is 36.0 Å². The lowest BCUT2D eigenvalue weighted by Gasteiger charge is -2.07. The maximum Gasteiger partial charge on any atom is 0.244 e. The first-order chi connectivity index (χ1) is 9.90. The second-order valence-corrected chi connectivity index (χ2v) is 4.23. The molecule has 0 aromatic heterocycles. The van der Waals surface area contributed by atoms with Gasteiger partial charge in [-0.05, 0) is 18.9 Å². The van der Waals surface area contributed by atoms with Gasteiger partial charge >= 0.3 is 0 Å². The SMILES string of the molecule is C=C/C=C\C(CCC(=O)C(C)C)=C(/C)C(N)=O.CC.CC. The van der Waals surface area contributed by atoms with E-state index >= 15 is 0 Å². The highest BCUT2D eigenvalue weighted by Crippen LogP contribution is 2.15. The molecule has 0 saturated heterocycles. The molecular formula is C18H33NO2. The van der Waals surface area contributed by atoms with Gasteiger partial charge in [-0.2, -0.15) is 0 Å². The molecule has 122 valence electrons. The standard InChI is InChI=1S/C14H21NO2.2C2H6/c1-5-6-7-12(11(4)14(15)17)8-9-13(16)10(2)3;2*1-2/h5-7,10H,1,8-9H2,2-4H3,(H2,15,17);2*1-2H3/b7-6-,12-11-;;. The quantitative estimate of drug-likeness (QED) is 0.551. The zero-order valence-electron chi connectivity index (χ0n) is 14.8. The minimum absolute atomic E-state index is 0.0218. The molecule has 0 heterocycles. The van der Waals surface area contributed by atoms with E-state index < -0.39 is 5.91 Å². The Morgan fingerprint density at radius 1 is 1.10 bits per heavy atom. The number of Topliss-reactive ketones (excluding diaryl/α,β-unsaturated/α-hetero) is 1. The molecule has 3 heteroatoms. The number of hydrogen-bond donors (Lipinski definition) is 1. The van der Waals surface area contributed by atoms with Gasteiger partial charge in [-0.15, -0.1) is 0 Å². The van der Waals surface area contributed by atoms with E-state index in [9.17, 15) is 9.59 Å². The Hall–Kier alpha value is -1.64. The third kappa shape index (κ3) is 13.1. The predicted octanol–water partition coefficient (Wildman–Crippen LogP) is 4.59. The van der Waals surface area contributed by atoms with Crippen LogP contribution >= 0.6 is 0 Å². The molecule has 0 radical (unpaired) electrons. The van der Waals surface area contributed by atoms with Crippen LogP contribution in [-0.4, -0.2) is 11.7 Å². The predicted molar refractivity (Wildman–Crippen MR) is 93.0 cm³/mol. The van der Waals surface area contributed by atoms with Crippen LogP contribution in [0.25, 0.3) is 0 Å². The highest BCUT2D eigenvalue weighted by atomic mass is 16.1. The molecule has 3 nitrogen and oxygen atoms in total. The molecule has 0 saturated carbocycles. The highest BCUT2D eigenvalue weighted by molar-refractivity contribution is 5.92. The summed E-state index contributed by atoms with van der Waals surface area (Å²) in [6.45, 7) is 17.0. The molecular weight excluding hydrogens is 262 g/mol. The number of primary amides is 1. The highest BCUT2D eigenvalue weighted by Gasteiger charge is 2.10. The summed E-state index contributed by atoms with van der Waals surface area (Å²) in [5.74, 6) is -0.244. The molecule has 0 rings (SSSR count). The smallest absolute Gasteiger partial charge is 0.244 e. The molecule has 0 unspecified atom stereocenters. The number of carbonyl (C=O) groups is 2. The lowest BCUT2D eigenvalue weighted by Crippen LogP contribution is -2.14. The number of rotatable bonds is 7. The lowest BCUT2D eigenvalue weighted by atomic mass is 9.98. The first-order valence-electron chi connectivity index (χ1n) is 7.71. The van der Waals surface area contributed by atoms with E-state index in [1.54, 1.807) is 25.2 Å². The van der Waals surface area contributed by atoms with Gasteiger partial charge in [0.25, 0.3) is 0 Å². The van der Waals surface area contributed by atoms with Crippen LogP contribution in [0.5, 0.6) is 0 Å². The molecule has 21 heavy (non-hydrogen) atoms. The maximum absolute atomic E-state index is 11.5. The van der Waals surface area contributed by atoms with E-state index in [-0.39, 0.29) is 11.7 Å². The van der Waals surface area contributed by atoms with Crippen molar-refractivity contribution in [3.8, 4) is 0 Å². The lowest BCUT2D eigenvalue weighted by molar-refractivity contribution is -0.122. The number of amides is 1. The van der Waals surface area contributed by atoms with Crippen molar-refractivity contribution in [2.24, 2.45) is 11.7 Å². The second-order valence-electron chi connectivity index (χ2n) is 4.23. The molecule has 0 aliphatic carbocycles. The van der Waals surface area contributed by atoms with Gasteiger partial charge in [0.1, 0.15) is 5.78 Å². The average molecular weight is 295 g/mol. The summed E-state index contributed by atoms with van der Waals surface area (Å²) < 4.78 is 0. The van der Waals surface area contributed by atoms with E-state index in [0.717, 1.165) is 5.57 Å². The van der Waals surface area contributed by atoms with Gasteiger partial charge in [0.15, 0.2) is 0 Å². The zero-order valence-corrected chi connectivity index (χ0v) is 14.8. The molecule has 0 atom stereocenters. The van der Waals surface area contributed by atoms with Crippen LogP contribution in [0.2, 0.25) is 0 Å². The fourth-order valence-corrected chi connectivity index (χ4v) is 1.28. The number of hydrogen-bond acceptors (Lipinski definition) is 2. The number of allylic oxidation sites excluding steroid dienone is 4. The monoisotopic (exact) mass is 295 g/mol. The van der Waals surface area contributed by atoms with Crippen LogP contribution in [0.1, 0.15) is 61.3 Å². The average Bonchev–Trinajstić information content (AvgIpc) is 2.50. The first kappa shape index (κ1) is 24.4. The minimum atomic E-state index is -0.453. The third-order valence-corrected chi connectivity index (χ3v) is 2.57. The van der Waals surface area contributed by atoms with Crippen molar-refractivity contribution in [1.82, 2.24) is 0 Å². The van der Waals surface area contributed by atoms with E-state index in [0.29, 0.717) is 18.4 Å². The van der Waals surface area contributed by atoms with Gasteiger partial charge in [-0.1, -0.05) is 66.3 Å². The Morgan fingerprint density at radius 3 is 1.90 bits per heavy atom. The number of nitrogens with two attached hydrogens (primary N) is 1. The summed E-state index contributed by atoms with van der Waals surface area (Å²) in [4.78, 5) is 22.6. The summed E-state index contributed by atoms with van der Waals surface area (Å²) in [5, 5.41) is 0. The molecule has 0 bridgehead atoms. The van der Waals surface area contributed by atoms with Crippen molar-refractivity contribution in [3.63, 3.8) is 0 Å². The fraction of sp³-hybridized carbons (Fsp3) is 0.556. The molecule has 0 fully saturated rings. The molecule has 0 aliphatic rings. The largest absolute Gasteiger partial charge is 0.366 e. The topological polar surface area (TPSA) is 60.2 Å². The van der Waals surface area contributed by atoms with Gasteiger partial charge in [-0.3, -0.25) is 9.59 Å². The second kappa shape index (κ2) is 16.4. The van der Waals surface area contributed by atoms with E-state index in [2.05, 4.69) is 6.58 Å². The molecule has 1 amide bonds. The van der Waals surface area contributed by atoms with Gasteiger partial charge < -0.3 is 5.73 Å². The number of ketones is 1. The normalized spacial score (nSPS) is 10.9. The number of carbonyl (C=O) groups excluding carboxylic acids is 2. The van der Waals surface area contributed by atoms with E-state index in [1.807, 2.05) is 41.5 Å². The van der Waals surface area contributed by atoms with Crippen LogP contribution in [0.4, 0.5) is 0 Å². The summed E-state index contributed by atoms with van der Waals surface area (Å²) in [6.07, 6.45) is 6.11. The summed E-state index contributed by atoms with van der Waals surface area (Å²) >= 11 is 0. The summed E-state index contributed by atoms with van der Waals surface area (Å²) in [7, 11) is 0. The summed E-state index contributed by atoms with van der Waals surface area (Å²) in [6, 6.07) is 0. The van der Waals surface area contributed by atoms with Crippen molar-refractivity contribution >= 4 is 11.7 Å². The van der Waals surface area contributed by atoms with Crippen molar-refractivity contribution < 1.29 is 9.59 Å². The summed E-state index contributed by atoms with van der Waals surface area (Å²) in [5.41, 5.74) is 6.53. The van der Waals surface area contributed by atoms with Gasteiger partial charge in [0.2, 0.25) is 5.91 Å². The van der Waals surface area contributed by atoms with Crippen molar-refractivity contribution in [2.75, 3.05) is 0 Å². The third-order valence-electron chi connectivity index (χ3n) is 2.57. The zero-order chi connectivity index (χ0) is 17.4. The van der Waals surface area contributed by atoms with Gasteiger partial charge in [0, 0.05) is 17.9 Å². The van der Waals surface area contributed by atoms with Crippen LogP contribution in [0, 0.1) is 5.92 Å². The van der Waals surface area contributed by atoms with Crippen LogP contribution < -0.4 is 5.73 Å². The molecule has 0 spiro atoms. The Bertz CT molecular complexity index is 363. The Balaban J connectivity index is -0.000000739. The van der Waals surface area contributed by atoms with Crippen LogP contribution in [-0.2, 0) is 9.59 Å². The Kier molecular flexibility index (Phi) is 19.1. The van der Waals surface area contributed by atoms with Gasteiger partial charge in [-0.25, -0.2) is 0 Å². The van der Waals surface area contributed by atoms with Crippen LogP contribution in [0.15, 0.2) is 36.0 Å².